The lowest BCUT2D eigenvalue weighted by Crippen LogP contribution is -2.05. The molecule has 0 heterocycles. The van der Waals surface area contributed by atoms with Crippen LogP contribution in [-0.4, -0.2) is 12.6 Å². The Labute approximate surface area is 367 Å². The number of rotatable bonds is 51. The molecular formula is C56H110O2. The van der Waals surface area contributed by atoms with E-state index in [1.807, 2.05) is 0 Å². The number of allylic oxidation sites excluding steroid dienone is 2. The Morgan fingerprint density at radius 3 is 0.966 bits per heavy atom. The van der Waals surface area contributed by atoms with Gasteiger partial charge in [0.25, 0.3) is 0 Å². The minimum absolute atomic E-state index is 0.0264. The molecule has 0 amide bonds. The summed E-state index contributed by atoms with van der Waals surface area (Å²) in [7, 11) is 0. The number of esters is 1. The number of carbonyl (C=O) groups is 1. The van der Waals surface area contributed by atoms with Crippen molar-refractivity contribution in [2.75, 3.05) is 6.61 Å². The maximum Gasteiger partial charge on any atom is 0.305 e. The van der Waals surface area contributed by atoms with Crippen molar-refractivity contribution in [3.05, 3.63) is 12.2 Å². The molecule has 0 aliphatic heterocycles. The van der Waals surface area contributed by atoms with E-state index in [4.69, 9.17) is 4.74 Å². The summed E-state index contributed by atoms with van der Waals surface area (Å²) >= 11 is 0. The highest BCUT2D eigenvalue weighted by atomic mass is 16.5. The molecule has 0 aliphatic rings. The number of hydrogen-bond acceptors (Lipinski definition) is 2. The molecule has 0 aromatic heterocycles. The lowest BCUT2D eigenvalue weighted by Gasteiger charge is -2.07. The molecule has 58 heavy (non-hydrogen) atoms. The fourth-order valence-electron chi connectivity index (χ4n) is 8.70. The van der Waals surface area contributed by atoms with Crippen molar-refractivity contribution in [1.82, 2.24) is 0 Å². The lowest BCUT2D eigenvalue weighted by molar-refractivity contribution is -0.143. The smallest absolute Gasteiger partial charge is 0.305 e. The maximum absolute atomic E-state index is 12.1. The van der Waals surface area contributed by atoms with Gasteiger partial charge in [-0.25, -0.2) is 0 Å². The summed E-state index contributed by atoms with van der Waals surface area (Å²) < 4.78 is 5.49. The van der Waals surface area contributed by atoms with Crippen molar-refractivity contribution < 1.29 is 9.53 Å². The average Bonchev–Trinajstić information content (AvgIpc) is 3.23. The van der Waals surface area contributed by atoms with Gasteiger partial charge in [-0.05, 0) is 44.4 Å². The number of ether oxygens (including phenoxy) is 1. The van der Waals surface area contributed by atoms with Crippen LogP contribution in [0.4, 0.5) is 0 Å². The molecule has 0 aliphatic carbocycles. The van der Waals surface area contributed by atoms with Gasteiger partial charge in [-0.3, -0.25) is 4.79 Å². The van der Waals surface area contributed by atoms with Crippen molar-refractivity contribution >= 4 is 5.97 Å². The largest absolute Gasteiger partial charge is 0.466 e. The molecule has 1 atom stereocenters. The molecule has 1 unspecified atom stereocenters. The zero-order chi connectivity index (χ0) is 41.9. The lowest BCUT2D eigenvalue weighted by atomic mass is 9.99. The van der Waals surface area contributed by atoms with E-state index in [-0.39, 0.29) is 5.97 Å². The van der Waals surface area contributed by atoms with Crippen molar-refractivity contribution in [3.63, 3.8) is 0 Å². The third-order valence-corrected chi connectivity index (χ3v) is 13.2. The fourth-order valence-corrected chi connectivity index (χ4v) is 8.70. The van der Waals surface area contributed by atoms with Gasteiger partial charge in [0.2, 0.25) is 0 Å². The number of unbranched alkanes of at least 4 members (excludes halogenated alkanes) is 42. The van der Waals surface area contributed by atoms with Gasteiger partial charge in [-0.15, -0.1) is 0 Å². The van der Waals surface area contributed by atoms with Crippen molar-refractivity contribution in [2.45, 2.75) is 329 Å². The molecule has 0 saturated carbocycles. The van der Waals surface area contributed by atoms with Crippen LogP contribution in [0.25, 0.3) is 0 Å². The van der Waals surface area contributed by atoms with Crippen molar-refractivity contribution in [2.24, 2.45) is 5.92 Å². The van der Waals surface area contributed by atoms with E-state index in [1.165, 1.54) is 289 Å². The molecule has 2 nitrogen and oxygen atoms in total. The van der Waals surface area contributed by atoms with E-state index >= 15 is 0 Å². The van der Waals surface area contributed by atoms with Gasteiger partial charge in [0.05, 0.1) is 6.61 Å². The van der Waals surface area contributed by atoms with Crippen LogP contribution in [0.15, 0.2) is 12.2 Å². The van der Waals surface area contributed by atoms with Gasteiger partial charge in [0, 0.05) is 6.42 Å². The third kappa shape index (κ3) is 51.4. The highest BCUT2D eigenvalue weighted by Crippen LogP contribution is 2.18. The monoisotopic (exact) mass is 815 g/mol. The second-order valence-corrected chi connectivity index (χ2v) is 19.2. The molecular weight excluding hydrogens is 705 g/mol. The first kappa shape index (κ1) is 57.2. The van der Waals surface area contributed by atoms with Crippen molar-refractivity contribution in [3.8, 4) is 0 Å². The molecule has 0 aromatic carbocycles. The predicted octanol–water partition coefficient (Wildman–Crippen LogP) is 20.5. The van der Waals surface area contributed by atoms with Gasteiger partial charge in [-0.1, -0.05) is 296 Å². The first-order valence-electron chi connectivity index (χ1n) is 27.5. The first-order valence-corrected chi connectivity index (χ1v) is 27.5. The van der Waals surface area contributed by atoms with Gasteiger partial charge >= 0.3 is 5.97 Å². The maximum atomic E-state index is 12.1. The zero-order valence-corrected chi connectivity index (χ0v) is 40.7. The van der Waals surface area contributed by atoms with Crippen LogP contribution in [-0.2, 0) is 9.53 Å². The first-order chi connectivity index (χ1) is 28.7. The van der Waals surface area contributed by atoms with Gasteiger partial charge in [0.15, 0.2) is 0 Å². The Hall–Kier alpha value is -0.790. The fraction of sp³-hybridized carbons (Fsp3) is 0.946. The van der Waals surface area contributed by atoms with E-state index in [0.29, 0.717) is 13.0 Å². The molecule has 0 radical (unpaired) electrons. The minimum atomic E-state index is 0.0264. The Balaban J connectivity index is 3.16. The summed E-state index contributed by atoms with van der Waals surface area (Å²) in [4.78, 5) is 12.1. The van der Waals surface area contributed by atoms with E-state index in [1.54, 1.807) is 0 Å². The van der Waals surface area contributed by atoms with Crippen LogP contribution in [0, 0.1) is 5.92 Å². The van der Waals surface area contributed by atoms with Crippen LogP contribution in [0.2, 0.25) is 0 Å². The van der Waals surface area contributed by atoms with E-state index in [9.17, 15) is 4.79 Å². The van der Waals surface area contributed by atoms with E-state index < -0.39 is 0 Å². The Kier molecular flexibility index (Phi) is 51.6. The molecule has 0 rings (SSSR count). The second-order valence-electron chi connectivity index (χ2n) is 19.2. The summed E-state index contributed by atoms with van der Waals surface area (Å²) in [6, 6.07) is 0. The van der Waals surface area contributed by atoms with Crippen LogP contribution in [0.3, 0.4) is 0 Å². The zero-order valence-electron chi connectivity index (χ0n) is 40.7. The van der Waals surface area contributed by atoms with Crippen LogP contribution < -0.4 is 0 Å². The summed E-state index contributed by atoms with van der Waals surface area (Å²) in [5.41, 5.74) is 0. The summed E-state index contributed by atoms with van der Waals surface area (Å²) in [5.74, 6) is 0.966. The summed E-state index contributed by atoms with van der Waals surface area (Å²) in [6.07, 6.45) is 70.8. The normalized spacial score (nSPS) is 12.3. The van der Waals surface area contributed by atoms with E-state index in [0.717, 1.165) is 18.8 Å². The number of carbonyl (C=O) groups excluding carboxylic acids is 1. The third-order valence-electron chi connectivity index (χ3n) is 13.2. The molecule has 0 aromatic rings. The van der Waals surface area contributed by atoms with Crippen molar-refractivity contribution in [1.29, 1.82) is 0 Å². The standard InChI is InChI=1S/C56H110O2/c1-4-6-7-8-9-10-11-12-13-28-32-35-38-41-44-47-50-53-56(57)58-54-51-48-45-42-39-36-33-30-27-25-23-21-19-17-15-14-16-18-20-22-24-26-29-31-34-37-40-43-46-49-52-55(3)5-2/h12-13,55H,4-11,14-54H2,1-3H3. The Bertz CT molecular complexity index is 773. The predicted molar refractivity (Wildman–Crippen MR) is 262 cm³/mol. The topological polar surface area (TPSA) is 26.3 Å². The van der Waals surface area contributed by atoms with Gasteiger partial charge in [0.1, 0.15) is 0 Å². The molecule has 0 N–H and O–H groups in total. The summed E-state index contributed by atoms with van der Waals surface area (Å²) in [5, 5.41) is 0. The van der Waals surface area contributed by atoms with Crippen LogP contribution in [0.5, 0.6) is 0 Å². The quantitative estimate of drug-likeness (QED) is 0.0347. The average molecular weight is 815 g/mol. The Morgan fingerprint density at radius 1 is 0.362 bits per heavy atom. The van der Waals surface area contributed by atoms with Gasteiger partial charge < -0.3 is 4.74 Å². The SMILES string of the molecule is CCCCCCCCC=CCCCCCCCCCC(=O)OCCCCCCCCCCCCCCCCCCCCCCCCCCCCCCCCC(C)CC. The molecule has 2 heteroatoms. The van der Waals surface area contributed by atoms with Crippen LogP contribution in [0.1, 0.15) is 329 Å². The molecule has 0 fully saturated rings. The second kappa shape index (κ2) is 52.3. The van der Waals surface area contributed by atoms with E-state index in [2.05, 4.69) is 32.9 Å². The number of hydrogen-bond donors (Lipinski definition) is 0. The van der Waals surface area contributed by atoms with Crippen LogP contribution >= 0.6 is 0 Å². The molecule has 0 bridgehead atoms. The Morgan fingerprint density at radius 2 is 0.638 bits per heavy atom. The molecule has 0 saturated heterocycles. The molecule has 346 valence electrons. The minimum Gasteiger partial charge on any atom is -0.466 e. The van der Waals surface area contributed by atoms with Gasteiger partial charge in [-0.2, -0.15) is 0 Å². The summed E-state index contributed by atoms with van der Waals surface area (Å²) in [6.45, 7) is 7.65. The highest BCUT2D eigenvalue weighted by Gasteiger charge is 2.03. The highest BCUT2D eigenvalue weighted by molar-refractivity contribution is 5.69. The molecule has 0 spiro atoms.